The number of halogens is 4. The van der Waals surface area contributed by atoms with Gasteiger partial charge in [0.25, 0.3) is 0 Å². The number of alkyl halides is 3. The van der Waals surface area contributed by atoms with E-state index in [2.05, 4.69) is 31.5 Å². The topological polar surface area (TPSA) is 54.0 Å². The molecule has 1 aromatic rings. The number of amides is 1. The summed E-state index contributed by atoms with van der Waals surface area (Å²) in [6, 6.07) is 0.902. The fraction of sp³-hybridized carbons (Fsp3) is 0.333. The van der Waals surface area contributed by atoms with Crippen molar-refractivity contribution in [3.8, 4) is 0 Å². The first-order valence-electron chi connectivity index (χ1n) is 4.51. The molecule has 0 aromatic carbocycles. The Balaban J connectivity index is 2.95. The Bertz CT molecular complexity index is 422. The fourth-order valence-corrected chi connectivity index (χ4v) is 1.38. The molecule has 94 valence electrons. The number of carbonyl (C=O) groups excluding carboxylic acids is 1. The number of aromatic nitrogens is 1. The number of anilines is 1. The summed E-state index contributed by atoms with van der Waals surface area (Å²) in [5.41, 5.74) is -0.921. The predicted molar refractivity (Wildman–Crippen MR) is 59.5 cm³/mol. The summed E-state index contributed by atoms with van der Waals surface area (Å²) in [6.07, 6.45) is -3.30. The van der Waals surface area contributed by atoms with Gasteiger partial charge in [0.2, 0.25) is 5.91 Å². The minimum Gasteiger partial charge on any atom is -0.361 e. The number of nitrogens with zero attached hydrogens (tertiary/aromatic N) is 1. The van der Waals surface area contributed by atoms with Crippen LogP contribution in [0.1, 0.15) is 5.56 Å². The molecule has 0 radical (unpaired) electrons. The first kappa shape index (κ1) is 13.8. The van der Waals surface area contributed by atoms with Crippen LogP contribution in [0.25, 0.3) is 0 Å². The van der Waals surface area contributed by atoms with Crippen molar-refractivity contribution >= 4 is 27.7 Å². The van der Waals surface area contributed by atoms with Crippen LogP contribution in [0, 0.1) is 0 Å². The number of rotatable bonds is 3. The molecule has 0 unspecified atom stereocenters. The second-order valence-electron chi connectivity index (χ2n) is 3.07. The van der Waals surface area contributed by atoms with Crippen LogP contribution in [0.2, 0.25) is 0 Å². The van der Waals surface area contributed by atoms with Crippen molar-refractivity contribution in [2.75, 3.05) is 18.9 Å². The molecule has 0 saturated heterocycles. The van der Waals surface area contributed by atoms with Gasteiger partial charge in [-0.3, -0.25) is 4.79 Å². The van der Waals surface area contributed by atoms with Gasteiger partial charge >= 0.3 is 6.18 Å². The maximum Gasteiger partial charge on any atom is 0.419 e. The molecule has 4 nitrogen and oxygen atoms in total. The molecule has 17 heavy (non-hydrogen) atoms. The first-order valence-corrected chi connectivity index (χ1v) is 5.31. The van der Waals surface area contributed by atoms with Gasteiger partial charge in [0.1, 0.15) is 5.82 Å². The van der Waals surface area contributed by atoms with Crippen molar-refractivity contribution in [2.24, 2.45) is 0 Å². The van der Waals surface area contributed by atoms with Gasteiger partial charge in [-0.05, 0) is 22.0 Å². The number of likely N-dealkylation sites (N-methyl/N-ethyl adjacent to an activating group) is 1. The third kappa shape index (κ3) is 3.88. The Labute approximate surface area is 104 Å². The van der Waals surface area contributed by atoms with E-state index in [-0.39, 0.29) is 16.8 Å². The summed E-state index contributed by atoms with van der Waals surface area (Å²) < 4.78 is 38.1. The van der Waals surface area contributed by atoms with Crippen molar-refractivity contribution < 1.29 is 18.0 Å². The summed E-state index contributed by atoms with van der Waals surface area (Å²) in [5.74, 6) is -0.799. The lowest BCUT2D eigenvalue weighted by Gasteiger charge is -2.13. The fourth-order valence-electron chi connectivity index (χ4n) is 1.05. The summed E-state index contributed by atoms with van der Waals surface area (Å²) in [4.78, 5) is 14.5. The Morgan fingerprint density at radius 1 is 1.53 bits per heavy atom. The summed E-state index contributed by atoms with van der Waals surface area (Å²) >= 11 is 2.91. The number of pyridine rings is 1. The van der Waals surface area contributed by atoms with Crippen LogP contribution in [0.3, 0.4) is 0 Å². The highest BCUT2D eigenvalue weighted by atomic mass is 79.9. The molecule has 0 atom stereocenters. The van der Waals surface area contributed by atoms with E-state index in [1.165, 1.54) is 13.2 Å². The van der Waals surface area contributed by atoms with E-state index in [0.29, 0.717) is 0 Å². The Morgan fingerprint density at radius 2 is 2.18 bits per heavy atom. The Morgan fingerprint density at radius 3 is 2.71 bits per heavy atom. The van der Waals surface area contributed by atoms with Crippen LogP contribution in [0.4, 0.5) is 19.0 Å². The van der Waals surface area contributed by atoms with Crippen LogP contribution in [0.15, 0.2) is 16.7 Å². The van der Waals surface area contributed by atoms with Crippen LogP contribution < -0.4 is 10.6 Å². The molecule has 0 aliphatic carbocycles. The first-order chi connectivity index (χ1) is 7.84. The molecule has 8 heteroatoms. The van der Waals surface area contributed by atoms with Crippen molar-refractivity contribution in [1.29, 1.82) is 0 Å². The number of nitrogens with one attached hydrogen (secondary N) is 2. The Kier molecular flexibility index (Phi) is 4.33. The molecular formula is C9H9BrF3N3O. The largest absolute Gasteiger partial charge is 0.419 e. The normalized spacial score (nSPS) is 11.1. The summed E-state index contributed by atoms with van der Waals surface area (Å²) in [5, 5.41) is 4.62. The molecule has 0 bridgehead atoms. The van der Waals surface area contributed by atoms with Crippen LogP contribution in [0.5, 0.6) is 0 Å². The molecule has 0 aliphatic heterocycles. The van der Waals surface area contributed by atoms with Crippen molar-refractivity contribution in [1.82, 2.24) is 10.3 Å². The van der Waals surface area contributed by atoms with Crippen LogP contribution in [-0.2, 0) is 11.0 Å². The summed E-state index contributed by atoms with van der Waals surface area (Å²) in [6.45, 7) is -0.270. The molecule has 2 N–H and O–H groups in total. The van der Waals surface area contributed by atoms with E-state index in [1.54, 1.807) is 0 Å². The molecule has 1 amide bonds. The zero-order chi connectivity index (χ0) is 13.1. The lowest BCUT2D eigenvalue weighted by atomic mass is 10.2. The lowest BCUT2D eigenvalue weighted by Crippen LogP contribution is -2.27. The van der Waals surface area contributed by atoms with Gasteiger partial charge < -0.3 is 10.6 Å². The number of hydrogen-bond donors (Lipinski definition) is 2. The van der Waals surface area contributed by atoms with E-state index in [9.17, 15) is 18.0 Å². The number of hydrogen-bond acceptors (Lipinski definition) is 3. The SMILES string of the molecule is CNC(=O)CNc1ncc(Br)cc1C(F)(F)F. The van der Waals surface area contributed by atoms with Gasteiger partial charge in [-0.15, -0.1) is 0 Å². The monoisotopic (exact) mass is 311 g/mol. The van der Waals surface area contributed by atoms with Gasteiger partial charge in [0.15, 0.2) is 0 Å². The molecular weight excluding hydrogens is 303 g/mol. The van der Waals surface area contributed by atoms with E-state index in [1.807, 2.05) is 0 Å². The highest BCUT2D eigenvalue weighted by Gasteiger charge is 2.34. The van der Waals surface area contributed by atoms with E-state index < -0.39 is 17.6 Å². The average Bonchev–Trinajstić information content (AvgIpc) is 2.25. The molecule has 0 aliphatic rings. The van der Waals surface area contributed by atoms with Crippen molar-refractivity contribution in [3.05, 3.63) is 22.3 Å². The zero-order valence-electron chi connectivity index (χ0n) is 8.73. The lowest BCUT2D eigenvalue weighted by molar-refractivity contribution is -0.137. The maximum atomic E-state index is 12.6. The quantitative estimate of drug-likeness (QED) is 0.898. The second-order valence-corrected chi connectivity index (χ2v) is 3.99. The predicted octanol–water partition coefficient (Wildman–Crippen LogP) is 2.02. The van der Waals surface area contributed by atoms with E-state index >= 15 is 0 Å². The van der Waals surface area contributed by atoms with E-state index in [0.717, 1.165) is 6.07 Å². The summed E-state index contributed by atoms with van der Waals surface area (Å²) in [7, 11) is 1.39. The standard InChI is InChI=1S/C9H9BrF3N3O/c1-14-7(17)4-16-8-6(9(11,12)13)2-5(10)3-15-8/h2-3H,4H2,1H3,(H,14,17)(H,15,16). The minimum atomic E-state index is -4.53. The average molecular weight is 312 g/mol. The molecule has 1 rings (SSSR count). The molecule has 0 saturated carbocycles. The molecule has 0 fully saturated rings. The van der Waals surface area contributed by atoms with Gasteiger partial charge in [-0.25, -0.2) is 4.98 Å². The van der Waals surface area contributed by atoms with Gasteiger partial charge in [-0.2, -0.15) is 13.2 Å². The second kappa shape index (κ2) is 5.35. The Hall–Kier alpha value is -1.31. The van der Waals surface area contributed by atoms with Crippen LogP contribution >= 0.6 is 15.9 Å². The maximum absolute atomic E-state index is 12.6. The number of carbonyl (C=O) groups is 1. The van der Waals surface area contributed by atoms with Crippen molar-refractivity contribution in [2.45, 2.75) is 6.18 Å². The molecule has 1 heterocycles. The highest BCUT2D eigenvalue weighted by molar-refractivity contribution is 9.10. The van der Waals surface area contributed by atoms with E-state index in [4.69, 9.17) is 0 Å². The third-order valence-corrected chi connectivity index (χ3v) is 2.29. The van der Waals surface area contributed by atoms with Gasteiger partial charge in [0.05, 0.1) is 12.1 Å². The molecule has 1 aromatic heterocycles. The highest BCUT2D eigenvalue weighted by Crippen LogP contribution is 2.35. The van der Waals surface area contributed by atoms with Gasteiger partial charge in [0, 0.05) is 17.7 Å². The van der Waals surface area contributed by atoms with Crippen LogP contribution in [-0.4, -0.2) is 24.5 Å². The van der Waals surface area contributed by atoms with Gasteiger partial charge in [-0.1, -0.05) is 0 Å². The van der Waals surface area contributed by atoms with Crippen molar-refractivity contribution in [3.63, 3.8) is 0 Å². The zero-order valence-corrected chi connectivity index (χ0v) is 10.3. The third-order valence-electron chi connectivity index (χ3n) is 1.85. The smallest absolute Gasteiger partial charge is 0.361 e. The minimum absolute atomic E-state index is 0.218. The molecule has 0 spiro atoms.